The molecule has 0 aliphatic carbocycles. The van der Waals surface area contributed by atoms with Crippen molar-refractivity contribution in [3.63, 3.8) is 0 Å². The average Bonchev–Trinajstić information content (AvgIpc) is 2.38. The molecule has 4 heteroatoms. The Balaban J connectivity index is 2.48. The number of halogens is 1. The number of hydrogen-bond donors (Lipinski definition) is 1. The van der Waals surface area contributed by atoms with Crippen LogP contribution in [0.15, 0.2) is 46.9 Å². The third kappa shape index (κ3) is 2.31. The number of nitrogens with two attached hydrogens (primary N) is 1. The van der Waals surface area contributed by atoms with E-state index in [1.54, 1.807) is 6.07 Å². The minimum absolute atomic E-state index is 0.642. The van der Waals surface area contributed by atoms with Crippen LogP contribution in [0, 0.1) is 11.3 Å². The molecule has 2 aromatic carbocycles. The molecule has 2 rings (SSSR count). The van der Waals surface area contributed by atoms with Crippen LogP contribution < -0.4 is 10.6 Å². The molecule has 90 valence electrons. The predicted molar refractivity (Wildman–Crippen MR) is 77.8 cm³/mol. The fraction of sp³-hybridized carbons (Fsp3) is 0.0714. The second-order valence-electron chi connectivity index (χ2n) is 3.90. The number of nitrogen functional groups attached to an aromatic ring is 1. The van der Waals surface area contributed by atoms with E-state index in [9.17, 15) is 0 Å². The summed E-state index contributed by atoms with van der Waals surface area (Å²) in [5, 5.41) is 9.12. The van der Waals surface area contributed by atoms with Crippen molar-refractivity contribution in [1.29, 1.82) is 5.26 Å². The van der Waals surface area contributed by atoms with E-state index in [0.29, 0.717) is 11.3 Å². The van der Waals surface area contributed by atoms with Gasteiger partial charge in [-0.2, -0.15) is 5.26 Å². The van der Waals surface area contributed by atoms with Gasteiger partial charge in [0.25, 0.3) is 0 Å². The van der Waals surface area contributed by atoms with Gasteiger partial charge in [-0.15, -0.1) is 0 Å². The molecule has 0 bridgehead atoms. The molecule has 0 saturated carbocycles. The number of nitriles is 1. The Kier molecular flexibility index (Phi) is 3.54. The fourth-order valence-electron chi connectivity index (χ4n) is 1.79. The summed E-state index contributed by atoms with van der Waals surface area (Å²) in [6.45, 7) is 0. The second kappa shape index (κ2) is 5.11. The van der Waals surface area contributed by atoms with Gasteiger partial charge in [-0.1, -0.05) is 12.1 Å². The van der Waals surface area contributed by atoms with E-state index < -0.39 is 0 Å². The quantitative estimate of drug-likeness (QED) is 0.861. The van der Waals surface area contributed by atoms with E-state index in [-0.39, 0.29) is 0 Å². The van der Waals surface area contributed by atoms with Crippen LogP contribution in [0.5, 0.6) is 0 Å². The number of para-hydroxylation sites is 1. The van der Waals surface area contributed by atoms with Crippen LogP contribution in [-0.2, 0) is 0 Å². The first-order valence-electron chi connectivity index (χ1n) is 5.41. The molecule has 2 aromatic rings. The van der Waals surface area contributed by atoms with Gasteiger partial charge in [-0.3, -0.25) is 0 Å². The molecule has 0 radical (unpaired) electrons. The summed E-state index contributed by atoms with van der Waals surface area (Å²) >= 11 is 3.49. The molecule has 0 saturated heterocycles. The van der Waals surface area contributed by atoms with Crippen LogP contribution in [0.25, 0.3) is 0 Å². The number of benzene rings is 2. The van der Waals surface area contributed by atoms with Crippen molar-refractivity contribution in [2.24, 2.45) is 0 Å². The van der Waals surface area contributed by atoms with E-state index in [4.69, 9.17) is 11.0 Å². The molecule has 0 unspecified atom stereocenters. The van der Waals surface area contributed by atoms with Gasteiger partial charge >= 0.3 is 0 Å². The monoisotopic (exact) mass is 301 g/mol. The van der Waals surface area contributed by atoms with Crippen LogP contribution in [0.3, 0.4) is 0 Å². The fourth-order valence-corrected chi connectivity index (χ4v) is 2.45. The molecule has 3 nitrogen and oxygen atoms in total. The Bertz CT molecular complexity index is 617. The first-order valence-corrected chi connectivity index (χ1v) is 6.20. The number of hydrogen-bond acceptors (Lipinski definition) is 3. The van der Waals surface area contributed by atoms with Crippen molar-refractivity contribution in [3.05, 3.63) is 52.5 Å². The molecule has 0 aliphatic heterocycles. The molecule has 0 amide bonds. The first kappa shape index (κ1) is 12.5. The number of anilines is 3. The molecular weight excluding hydrogens is 290 g/mol. The number of nitrogens with zero attached hydrogens (tertiary/aromatic N) is 2. The summed E-state index contributed by atoms with van der Waals surface area (Å²) in [5.41, 5.74) is 8.90. The Morgan fingerprint density at radius 1 is 1.17 bits per heavy atom. The summed E-state index contributed by atoms with van der Waals surface area (Å²) in [4.78, 5) is 1.96. The lowest BCUT2D eigenvalue weighted by molar-refractivity contribution is 1.19. The topological polar surface area (TPSA) is 53.0 Å². The lowest BCUT2D eigenvalue weighted by atomic mass is 10.1. The summed E-state index contributed by atoms with van der Waals surface area (Å²) in [7, 11) is 1.92. The summed E-state index contributed by atoms with van der Waals surface area (Å²) in [6.07, 6.45) is 0. The van der Waals surface area contributed by atoms with E-state index >= 15 is 0 Å². The lowest BCUT2D eigenvalue weighted by Gasteiger charge is -2.22. The minimum Gasteiger partial charge on any atom is -0.399 e. The molecule has 0 fully saturated rings. The van der Waals surface area contributed by atoms with Crippen molar-refractivity contribution >= 4 is 33.0 Å². The molecule has 0 heterocycles. The molecule has 0 spiro atoms. The van der Waals surface area contributed by atoms with E-state index in [1.807, 2.05) is 48.3 Å². The van der Waals surface area contributed by atoms with E-state index in [2.05, 4.69) is 22.0 Å². The molecule has 2 N–H and O–H groups in total. The highest BCUT2D eigenvalue weighted by molar-refractivity contribution is 9.10. The highest BCUT2D eigenvalue weighted by Gasteiger charge is 2.11. The van der Waals surface area contributed by atoms with Crippen molar-refractivity contribution < 1.29 is 0 Å². The number of rotatable bonds is 2. The zero-order valence-corrected chi connectivity index (χ0v) is 11.5. The van der Waals surface area contributed by atoms with Crippen molar-refractivity contribution in [3.8, 4) is 6.07 Å². The minimum atomic E-state index is 0.642. The van der Waals surface area contributed by atoms with Gasteiger partial charge in [0.1, 0.15) is 6.07 Å². The van der Waals surface area contributed by atoms with Crippen molar-refractivity contribution in [2.75, 3.05) is 17.7 Å². The third-order valence-corrected chi connectivity index (χ3v) is 3.35. The summed E-state index contributed by atoms with van der Waals surface area (Å²) < 4.78 is 0.901. The smallest absolute Gasteiger partial charge is 0.101 e. The van der Waals surface area contributed by atoms with Gasteiger partial charge in [-0.05, 0) is 46.3 Å². The maximum Gasteiger partial charge on any atom is 0.101 e. The SMILES string of the molecule is CN(c1ccc(N)cc1Br)c1ccccc1C#N. The van der Waals surface area contributed by atoms with Gasteiger partial charge in [0.15, 0.2) is 0 Å². The highest BCUT2D eigenvalue weighted by atomic mass is 79.9. The Hall–Kier alpha value is -1.99. The lowest BCUT2D eigenvalue weighted by Crippen LogP contribution is -2.11. The third-order valence-electron chi connectivity index (χ3n) is 2.72. The van der Waals surface area contributed by atoms with Gasteiger partial charge in [0, 0.05) is 17.2 Å². The predicted octanol–water partition coefficient (Wildman–Crippen LogP) is 3.67. The van der Waals surface area contributed by atoms with Crippen molar-refractivity contribution in [2.45, 2.75) is 0 Å². The van der Waals surface area contributed by atoms with Gasteiger partial charge in [0.2, 0.25) is 0 Å². The maximum atomic E-state index is 9.12. The van der Waals surface area contributed by atoms with Crippen molar-refractivity contribution in [1.82, 2.24) is 0 Å². The van der Waals surface area contributed by atoms with Crippen LogP contribution in [-0.4, -0.2) is 7.05 Å². The maximum absolute atomic E-state index is 9.12. The normalized spacial score (nSPS) is 9.83. The summed E-state index contributed by atoms with van der Waals surface area (Å²) in [5.74, 6) is 0. The second-order valence-corrected chi connectivity index (χ2v) is 4.75. The highest BCUT2D eigenvalue weighted by Crippen LogP contribution is 2.33. The first-order chi connectivity index (χ1) is 8.63. The molecule has 18 heavy (non-hydrogen) atoms. The van der Waals surface area contributed by atoms with Gasteiger partial charge in [0.05, 0.1) is 16.9 Å². The van der Waals surface area contributed by atoms with Crippen LogP contribution >= 0.6 is 15.9 Å². The van der Waals surface area contributed by atoms with Gasteiger partial charge in [-0.25, -0.2) is 0 Å². The largest absolute Gasteiger partial charge is 0.399 e. The van der Waals surface area contributed by atoms with Crippen LogP contribution in [0.1, 0.15) is 5.56 Å². The standard InChI is InChI=1S/C14H12BrN3/c1-18(13-5-3-2-4-10(13)9-16)14-7-6-11(17)8-12(14)15/h2-8H,17H2,1H3. The van der Waals surface area contributed by atoms with Crippen LogP contribution in [0.2, 0.25) is 0 Å². The Morgan fingerprint density at radius 3 is 2.56 bits per heavy atom. The molecule has 0 aliphatic rings. The molecule has 0 atom stereocenters. The van der Waals surface area contributed by atoms with E-state index in [1.165, 1.54) is 0 Å². The zero-order chi connectivity index (χ0) is 13.1. The average molecular weight is 302 g/mol. The summed E-state index contributed by atoms with van der Waals surface area (Å²) in [6, 6.07) is 15.3. The molecule has 0 aromatic heterocycles. The Labute approximate surface area is 115 Å². The van der Waals surface area contributed by atoms with E-state index in [0.717, 1.165) is 15.8 Å². The Morgan fingerprint density at radius 2 is 1.89 bits per heavy atom. The zero-order valence-electron chi connectivity index (χ0n) is 9.89. The molecular formula is C14H12BrN3. The van der Waals surface area contributed by atoms with Crippen LogP contribution in [0.4, 0.5) is 17.1 Å². The van der Waals surface area contributed by atoms with Gasteiger partial charge < -0.3 is 10.6 Å².